The second-order valence-corrected chi connectivity index (χ2v) is 6.19. The number of ether oxygens (including phenoxy) is 2. The number of hydrogen-bond donors (Lipinski definition) is 1. The van der Waals surface area contributed by atoms with E-state index in [1.54, 1.807) is 13.2 Å². The molecule has 2 atom stereocenters. The van der Waals surface area contributed by atoms with Gasteiger partial charge in [0.25, 0.3) is 0 Å². The van der Waals surface area contributed by atoms with E-state index in [9.17, 15) is 4.79 Å². The highest BCUT2D eigenvalue weighted by molar-refractivity contribution is 5.83. The topological polar surface area (TPSA) is 47.6 Å². The lowest BCUT2D eigenvalue weighted by Gasteiger charge is -2.39. The maximum absolute atomic E-state index is 12.9. The Morgan fingerprint density at radius 3 is 2.96 bits per heavy atom. The highest BCUT2D eigenvalue weighted by Gasteiger charge is 2.45. The van der Waals surface area contributed by atoms with Crippen LogP contribution in [0.3, 0.4) is 0 Å². The average Bonchev–Trinajstić information content (AvgIpc) is 2.64. The molecule has 0 bridgehead atoms. The highest BCUT2D eigenvalue weighted by Crippen LogP contribution is 2.41. The molecule has 0 spiro atoms. The first-order valence-corrected chi connectivity index (χ1v) is 8.43. The largest absolute Gasteiger partial charge is 0.497 e. The Hall–Kier alpha value is -2.07. The Morgan fingerprint density at radius 1 is 1.42 bits per heavy atom. The van der Waals surface area contributed by atoms with Crippen molar-refractivity contribution in [2.24, 2.45) is 0 Å². The zero-order chi connectivity index (χ0) is 17.4. The average molecular weight is 329 g/mol. The summed E-state index contributed by atoms with van der Waals surface area (Å²) in [5.74, 6) is 0.574. The Bertz CT molecular complexity index is 584. The summed E-state index contributed by atoms with van der Waals surface area (Å²) in [7, 11) is 1.64. The molecule has 1 aromatic carbocycles. The first-order chi connectivity index (χ1) is 11.7. The molecule has 2 rings (SSSR count). The van der Waals surface area contributed by atoms with Crippen LogP contribution in [0.1, 0.15) is 31.2 Å². The molecule has 1 aliphatic carbocycles. The van der Waals surface area contributed by atoms with Gasteiger partial charge < -0.3 is 14.8 Å². The van der Waals surface area contributed by atoms with Crippen molar-refractivity contribution < 1.29 is 14.3 Å². The number of carbonyl (C=O) groups excluding carboxylic acids is 1. The second-order valence-electron chi connectivity index (χ2n) is 6.19. The SMILES string of the molecule is C=CCNC1CCCC(C(=O)OCC=C)(c2cccc(OC)c2)C1. The number of esters is 1. The summed E-state index contributed by atoms with van der Waals surface area (Å²) in [5, 5.41) is 3.46. The maximum atomic E-state index is 12.9. The molecule has 24 heavy (non-hydrogen) atoms. The molecule has 4 heteroatoms. The van der Waals surface area contributed by atoms with Gasteiger partial charge in [0.2, 0.25) is 0 Å². The van der Waals surface area contributed by atoms with Crippen LogP contribution in [0.15, 0.2) is 49.6 Å². The van der Waals surface area contributed by atoms with Gasteiger partial charge in [0.1, 0.15) is 12.4 Å². The number of carbonyl (C=O) groups is 1. The van der Waals surface area contributed by atoms with E-state index in [1.807, 2.05) is 30.3 Å². The fraction of sp³-hybridized carbons (Fsp3) is 0.450. The Kier molecular flexibility index (Phi) is 6.62. The van der Waals surface area contributed by atoms with Crippen LogP contribution in [0.4, 0.5) is 0 Å². The maximum Gasteiger partial charge on any atom is 0.316 e. The van der Waals surface area contributed by atoms with E-state index in [4.69, 9.17) is 9.47 Å². The summed E-state index contributed by atoms with van der Waals surface area (Å²) in [6, 6.07) is 8.03. The van der Waals surface area contributed by atoms with Crippen LogP contribution in [0.2, 0.25) is 0 Å². The molecule has 1 saturated carbocycles. The molecule has 0 aliphatic heterocycles. The normalized spacial score (nSPS) is 23.3. The first kappa shape index (κ1) is 18.3. The summed E-state index contributed by atoms with van der Waals surface area (Å²) in [5.41, 5.74) is 0.315. The zero-order valence-corrected chi connectivity index (χ0v) is 14.4. The third-order valence-corrected chi connectivity index (χ3v) is 4.65. The molecule has 0 radical (unpaired) electrons. The molecule has 1 aromatic rings. The minimum atomic E-state index is -0.644. The monoisotopic (exact) mass is 329 g/mol. The molecule has 0 saturated heterocycles. The summed E-state index contributed by atoms with van der Waals surface area (Å²) >= 11 is 0. The molecule has 4 nitrogen and oxygen atoms in total. The molecule has 2 unspecified atom stereocenters. The van der Waals surface area contributed by atoms with Crippen molar-refractivity contribution in [2.75, 3.05) is 20.3 Å². The van der Waals surface area contributed by atoms with Crippen LogP contribution in [0.25, 0.3) is 0 Å². The van der Waals surface area contributed by atoms with Crippen molar-refractivity contribution in [3.8, 4) is 5.75 Å². The second kappa shape index (κ2) is 8.69. The van der Waals surface area contributed by atoms with Crippen molar-refractivity contribution in [2.45, 2.75) is 37.1 Å². The van der Waals surface area contributed by atoms with E-state index in [2.05, 4.69) is 18.5 Å². The third kappa shape index (κ3) is 4.06. The van der Waals surface area contributed by atoms with E-state index >= 15 is 0 Å². The molecular weight excluding hydrogens is 302 g/mol. The summed E-state index contributed by atoms with van der Waals surface area (Å²) in [6.07, 6.45) is 6.96. The fourth-order valence-corrected chi connectivity index (χ4v) is 3.46. The fourth-order valence-electron chi connectivity index (χ4n) is 3.46. The van der Waals surface area contributed by atoms with Crippen LogP contribution in [-0.4, -0.2) is 32.3 Å². The van der Waals surface area contributed by atoms with E-state index < -0.39 is 5.41 Å². The van der Waals surface area contributed by atoms with Crippen LogP contribution < -0.4 is 10.1 Å². The number of rotatable bonds is 8. The van der Waals surface area contributed by atoms with E-state index in [-0.39, 0.29) is 18.6 Å². The van der Waals surface area contributed by atoms with Gasteiger partial charge in [0, 0.05) is 12.6 Å². The minimum absolute atomic E-state index is 0.180. The van der Waals surface area contributed by atoms with Gasteiger partial charge in [-0.15, -0.1) is 6.58 Å². The van der Waals surface area contributed by atoms with Gasteiger partial charge in [0.15, 0.2) is 0 Å². The minimum Gasteiger partial charge on any atom is -0.497 e. The summed E-state index contributed by atoms with van der Waals surface area (Å²) in [6.45, 7) is 8.36. The lowest BCUT2D eigenvalue weighted by atomic mass is 9.67. The van der Waals surface area contributed by atoms with Crippen LogP contribution in [-0.2, 0) is 14.9 Å². The van der Waals surface area contributed by atoms with Crippen LogP contribution >= 0.6 is 0 Å². The van der Waals surface area contributed by atoms with E-state index in [0.29, 0.717) is 6.42 Å². The Labute approximate surface area is 144 Å². The molecule has 130 valence electrons. The smallest absolute Gasteiger partial charge is 0.316 e. The van der Waals surface area contributed by atoms with Gasteiger partial charge in [-0.05, 0) is 37.0 Å². The number of nitrogens with one attached hydrogen (secondary N) is 1. The van der Waals surface area contributed by atoms with Gasteiger partial charge in [-0.25, -0.2) is 0 Å². The van der Waals surface area contributed by atoms with Gasteiger partial charge in [-0.3, -0.25) is 4.79 Å². The van der Waals surface area contributed by atoms with Crippen molar-refractivity contribution in [3.63, 3.8) is 0 Å². The van der Waals surface area contributed by atoms with Crippen LogP contribution in [0, 0.1) is 0 Å². The van der Waals surface area contributed by atoms with Gasteiger partial charge in [-0.1, -0.05) is 37.3 Å². The zero-order valence-electron chi connectivity index (χ0n) is 14.4. The first-order valence-electron chi connectivity index (χ1n) is 8.43. The highest BCUT2D eigenvalue weighted by atomic mass is 16.5. The number of methoxy groups -OCH3 is 1. The molecule has 1 aliphatic rings. The molecule has 0 heterocycles. The summed E-state index contributed by atoms with van der Waals surface area (Å²) in [4.78, 5) is 12.9. The number of benzene rings is 1. The predicted octanol–water partition coefficient (Wildman–Crippen LogP) is 3.38. The molecular formula is C20H27NO3. The predicted molar refractivity (Wildman–Crippen MR) is 96.3 cm³/mol. The molecule has 0 amide bonds. The number of hydrogen-bond acceptors (Lipinski definition) is 4. The summed E-state index contributed by atoms with van der Waals surface area (Å²) < 4.78 is 10.8. The van der Waals surface area contributed by atoms with Crippen molar-refractivity contribution >= 4 is 5.97 Å². The van der Waals surface area contributed by atoms with E-state index in [0.717, 1.165) is 37.1 Å². The Morgan fingerprint density at radius 2 is 2.25 bits per heavy atom. The van der Waals surface area contributed by atoms with Crippen molar-refractivity contribution in [1.82, 2.24) is 5.32 Å². The lowest BCUT2D eigenvalue weighted by Crippen LogP contribution is -2.47. The van der Waals surface area contributed by atoms with Crippen LogP contribution in [0.5, 0.6) is 5.75 Å². The molecule has 0 aromatic heterocycles. The standard InChI is InChI=1S/C20H27NO3/c1-4-12-21-17-9-7-11-20(15-17,19(22)24-13-5-2)16-8-6-10-18(14-16)23-3/h4-6,8,10,14,17,21H,1-2,7,9,11-13,15H2,3H3. The van der Waals surface area contributed by atoms with Crippen molar-refractivity contribution in [1.29, 1.82) is 0 Å². The quantitative estimate of drug-likeness (QED) is 0.587. The van der Waals surface area contributed by atoms with Crippen molar-refractivity contribution in [3.05, 3.63) is 55.1 Å². The van der Waals surface area contributed by atoms with Gasteiger partial charge >= 0.3 is 5.97 Å². The van der Waals surface area contributed by atoms with Gasteiger partial charge in [0.05, 0.1) is 12.5 Å². The third-order valence-electron chi connectivity index (χ3n) is 4.65. The molecule has 1 fully saturated rings. The Balaban J connectivity index is 2.34. The van der Waals surface area contributed by atoms with Gasteiger partial charge in [-0.2, -0.15) is 0 Å². The van der Waals surface area contributed by atoms with E-state index in [1.165, 1.54) is 0 Å². The lowest BCUT2D eigenvalue weighted by molar-refractivity contribution is -0.151. The molecule has 1 N–H and O–H groups in total.